The molecule has 0 aliphatic carbocycles. The Hall–Kier alpha value is 0.01000. The van der Waals surface area contributed by atoms with E-state index < -0.39 is 0 Å². The summed E-state index contributed by atoms with van der Waals surface area (Å²) in [5, 5.41) is 0. The van der Waals surface area contributed by atoms with Crippen LogP contribution in [0.3, 0.4) is 0 Å². The molecule has 1 unspecified atom stereocenters. The third-order valence-corrected chi connectivity index (χ3v) is 2.58. The lowest BCUT2D eigenvalue weighted by atomic mass is 10.3. The van der Waals surface area contributed by atoms with Gasteiger partial charge in [-0.15, -0.1) is 0 Å². The van der Waals surface area contributed by atoms with Crippen LogP contribution < -0.4 is 0 Å². The van der Waals surface area contributed by atoms with Gasteiger partial charge < -0.3 is 4.90 Å². The minimum atomic E-state index is 0.530. The molecule has 2 heteroatoms. The van der Waals surface area contributed by atoms with Gasteiger partial charge in [0, 0.05) is 12.2 Å². The number of hydrogen-bond donors (Lipinski definition) is 0. The number of allylic oxidation sites excluding steroid dienone is 2. The molecule has 0 radical (unpaired) electrons. The van der Waals surface area contributed by atoms with E-state index in [1.807, 2.05) is 0 Å². The van der Waals surface area contributed by atoms with Crippen molar-refractivity contribution >= 4 is 22.6 Å². The molecule has 0 aromatic rings. The van der Waals surface area contributed by atoms with Gasteiger partial charge in [-0.2, -0.15) is 0 Å². The van der Waals surface area contributed by atoms with Gasteiger partial charge in [0.1, 0.15) is 0 Å². The largest absolute Gasteiger partial charge is 0.360 e. The second-order valence-electron chi connectivity index (χ2n) is 2.64. The van der Waals surface area contributed by atoms with Gasteiger partial charge in [-0.05, 0) is 19.9 Å². The fraction of sp³-hybridized carbons (Fsp3) is 0.500. The average molecular weight is 249 g/mol. The Morgan fingerprint density at radius 1 is 1.40 bits per heavy atom. The van der Waals surface area contributed by atoms with Gasteiger partial charge in [-0.1, -0.05) is 34.7 Å². The third kappa shape index (κ3) is 1.75. The Morgan fingerprint density at radius 3 is 2.50 bits per heavy atom. The van der Waals surface area contributed by atoms with E-state index in [-0.39, 0.29) is 0 Å². The molecule has 1 aliphatic heterocycles. The van der Waals surface area contributed by atoms with Crippen LogP contribution in [0.2, 0.25) is 0 Å². The molecule has 0 aromatic carbocycles. The highest BCUT2D eigenvalue weighted by molar-refractivity contribution is 14.1. The summed E-state index contributed by atoms with van der Waals surface area (Å²) in [6, 6.07) is 0.600. The molecule has 10 heavy (non-hydrogen) atoms. The molecule has 1 rings (SSSR count). The Labute approximate surface area is 75.9 Å². The van der Waals surface area contributed by atoms with Crippen LogP contribution in [-0.2, 0) is 0 Å². The van der Waals surface area contributed by atoms with Crippen molar-refractivity contribution in [1.82, 2.24) is 4.90 Å². The fourth-order valence-corrected chi connectivity index (χ4v) is 2.01. The fourth-order valence-electron chi connectivity index (χ4n) is 0.943. The van der Waals surface area contributed by atoms with Crippen molar-refractivity contribution in [3.8, 4) is 0 Å². The molecular formula is C8H12IN. The third-order valence-electron chi connectivity index (χ3n) is 1.52. The molecular weight excluding hydrogens is 237 g/mol. The first-order chi connectivity index (χ1) is 4.72. The molecule has 0 bridgehead atoms. The first kappa shape index (κ1) is 8.11. The van der Waals surface area contributed by atoms with E-state index in [9.17, 15) is 0 Å². The summed E-state index contributed by atoms with van der Waals surface area (Å²) in [4.78, 5) is 2.32. The summed E-state index contributed by atoms with van der Waals surface area (Å²) in [5.74, 6) is 0. The van der Waals surface area contributed by atoms with E-state index in [1.54, 1.807) is 0 Å². The second-order valence-corrected chi connectivity index (χ2v) is 3.92. The van der Waals surface area contributed by atoms with Gasteiger partial charge in [0.2, 0.25) is 0 Å². The minimum absolute atomic E-state index is 0.530. The standard InChI is InChI=1S/C8H12IN/c1-7(2)10-6-4-3-5-8(10)9/h3-8H,1-2H3. The summed E-state index contributed by atoms with van der Waals surface area (Å²) < 4.78 is 0.530. The van der Waals surface area contributed by atoms with E-state index in [0.29, 0.717) is 10.1 Å². The van der Waals surface area contributed by atoms with E-state index in [2.05, 4.69) is 65.8 Å². The van der Waals surface area contributed by atoms with Crippen LogP contribution in [0.25, 0.3) is 0 Å². The molecule has 1 nitrogen and oxygen atoms in total. The Balaban J connectivity index is 2.61. The molecule has 1 heterocycles. The number of halogens is 1. The summed E-state index contributed by atoms with van der Waals surface area (Å²) in [7, 11) is 0. The molecule has 0 aromatic heterocycles. The van der Waals surface area contributed by atoms with Crippen LogP contribution in [0.5, 0.6) is 0 Å². The van der Waals surface area contributed by atoms with Gasteiger partial charge in [-0.25, -0.2) is 0 Å². The lowest BCUT2D eigenvalue weighted by Gasteiger charge is -2.29. The maximum atomic E-state index is 2.42. The summed E-state index contributed by atoms with van der Waals surface area (Å²) in [6.45, 7) is 4.41. The van der Waals surface area contributed by atoms with Crippen molar-refractivity contribution < 1.29 is 0 Å². The SMILES string of the molecule is CC(C)N1C=CC=CC1I. The number of rotatable bonds is 1. The quantitative estimate of drug-likeness (QED) is 0.392. The lowest BCUT2D eigenvalue weighted by Crippen LogP contribution is -2.31. The minimum Gasteiger partial charge on any atom is -0.360 e. The topological polar surface area (TPSA) is 3.24 Å². The van der Waals surface area contributed by atoms with Crippen molar-refractivity contribution in [3.05, 3.63) is 24.4 Å². The maximum Gasteiger partial charge on any atom is 0.0993 e. The average Bonchev–Trinajstić information content (AvgIpc) is 1.88. The van der Waals surface area contributed by atoms with Crippen LogP contribution in [-0.4, -0.2) is 15.0 Å². The summed E-state index contributed by atoms with van der Waals surface area (Å²) in [6.07, 6.45) is 8.51. The predicted molar refractivity (Wildman–Crippen MR) is 53.1 cm³/mol. The van der Waals surface area contributed by atoms with E-state index >= 15 is 0 Å². The molecule has 1 aliphatic rings. The smallest absolute Gasteiger partial charge is 0.0993 e. The number of alkyl halides is 1. The number of nitrogens with zero attached hydrogens (tertiary/aromatic N) is 1. The molecule has 0 saturated heterocycles. The van der Waals surface area contributed by atoms with E-state index in [1.165, 1.54) is 0 Å². The molecule has 0 saturated carbocycles. The molecule has 0 spiro atoms. The van der Waals surface area contributed by atoms with E-state index in [4.69, 9.17) is 0 Å². The van der Waals surface area contributed by atoms with Crippen molar-refractivity contribution in [3.63, 3.8) is 0 Å². The van der Waals surface area contributed by atoms with Crippen molar-refractivity contribution in [1.29, 1.82) is 0 Å². The van der Waals surface area contributed by atoms with Crippen molar-refractivity contribution in [2.45, 2.75) is 23.9 Å². The maximum absolute atomic E-state index is 2.42. The Kier molecular flexibility index (Phi) is 2.77. The summed E-state index contributed by atoms with van der Waals surface area (Å²) >= 11 is 2.42. The van der Waals surface area contributed by atoms with Gasteiger partial charge in [0.25, 0.3) is 0 Å². The zero-order valence-electron chi connectivity index (χ0n) is 6.29. The van der Waals surface area contributed by atoms with Crippen LogP contribution in [0.4, 0.5) is 0 Å². The Bertz CT molecular complexity index is 161. The zero-order valence-corrected chi connectivity index (χ0v) is 8.45. The van der Waals surface area contributed by atoms with Gasteiger partial charge in [-0.3, -0.25) is 0 Å². The predicted octanol–water partition coefficient (Wildman–Crippen LogP) is 2.54. The second kappa shape index (κ2) is 3.42. The van der Waals surface area contributed by atoms with Gasteiger partial charge >= 0.3 is 0 Å². The molecule has 0 fully saturated rings. The summed E-state index contributed by atoms with van der Waals surface area (Å²) in [5.41, 5.74) is 0. The highest BCUT2D eigenvalue weighted by Crippen LogP contribution is 2.17. The van der Waals surface area contributed by atoms with Crippen LogP contribution in [0.1, 0.15) is 13.8 Å². The zero-order chi connectivity index (χ0) is 7.56. The highest BCUT2D eigenvalue weighted by atomic mass is 127. The van der Waals surface area contributed by atoms with Gasteiger partial charge in [0.05, 0.1) is 4.05 Å². The Morgan fingerprint density at radius 2 is 2.10 bits per heavy atom. The van der Waals surface area contributed by atoms with Crippen molar-refractivity contribution in [2.75, 3.05) is 0 Å². The molecule has 0 amide bonds. The number of hydrogen-bond acceptors (Lipinski definition) is 1. The normalized spacial score (nSPS) is 24.4. The first-order valence-corrected chi connectivity index (χ1v) is 4.73. The van der Waals surface area contributed by atoms with Crippen molar-refractivity contribution in [2.24, 2.45) is 0 Å². The van der Waals surface area contributed by atoms with Crippen LogP contribution in [0.15, 0.2) is 24.4 Å². The van der Waals surface area contributed by atoms with Gasteiger partial charge in [0.15, 0.2) is 0 Å². The molecule has 0 N–H and O–H groups in total. The molecule has 56 valence electrons. The van der Waals surface area contributed by atoms with Crippen LogP contribution >= 0.6 is 22.6 Å². The molecule has 1 atom stereocenters. The lowest BCUT2D eigenvalue weighted by molar-refractivity contribution is 0.328. The monoisotopic (exact) mass is 249 g/mol. The highest BCUT2D eigenvalue weighted by Gasteiger charge is 2.12. The van der Waals surface area contributed by atoms with Crippen LogP contribution in [0, 0.1) is 0 Å². The first-order valence-electron chi connectivity index (χ1n) is 3.48. The van der Waals surface area contributed by atoms with E-state index in [0.717, 1.165) is 0 Å².